The van der Waals surface area contributed by atoms with Gasteiger partial charge in [0.1, 0.15) is 19.3 Å². The molecule has 0 spiro atoms. The third-order valence-corrected chi connectivity index (χ3v) is 6.29. The highest BCUT2D eigenvalue weighted by atomic mass is 32.2. The number of hydrogen-bond donors (Lipinski definition) is 0. The van der Waals surface area contributed by atoms with E-state index in [0.717, 1.165) is 5.56 Å². The molecule has 2 aromatic rings. The Labute approximate surface area is 152 Å². The second-order valence-electron chi connectivity index (χ2n) is 6.37. The van der Waals surface area contributed by atoms with E-state index in [4.69, 9.17) is 14.2 Å². The lowest BCUT2D eigenvalue weighted by Gasteiger charge is -2.21. The van der Waals surface area contributed by atoms with E-state index in [9.17, 15) is 8.42 Å². The number of ether oxygens (including phenoxy) is 3. The molecule has 1 fully saturated rings. The fourth-order valence-electron chi connectivity index (χ4n) is 3.04. The predicted molar refractivity (Wildman–Crippen MR) is 94.2 cm³/mol. The Bertz CT molecular complexity index is 898. The van der Waals surface area contributed by atoms with Gasteiger partial charge in [0.15, 0.2) is 11.5 Å². The predicted octanol–water partition coefficient (Wildman–Crippen LogP) is 2.00. The topological polar surface area (TPSA) is 78.0 Å². The van der Waals surface area contributed by atoms with Crippen LogP contribution in [0.25, 0.3) is 0 Å². The zero-order valence-corrected chi connectivity index (χ0v) is 15.2. The highest BCUT2D eigenvalue weighted by Crippen LogP contribution is 2.34. The molecule has 0 aliphatic carbocycles. The first-order valence-electron chi connectivity index (χ1n) is 8.51. The molecule has 1 aromatic heterocycles. The minimum absolute atomic E-state index is 0.205. The molecule has 8 heteroatoms. The number of pyridine rings is 1. The molecular weight excluding hydrogens is 356 g/mol. The van der Waals surface area contributed by atoms with Gasteiger partial charge in [-0.05, 0) is 31.0 Å². The van der Waals surface area contributed by atoms with E-state index < -0.39 is 10.0 Å². The summed E-state index contributed by atoms with van der Waals surface area (Å²) in [4.78, 5) is 4.42. The SMILES string of the molecule is Cc1ccc(OC2CCN(S(=O)(=O)c3ccc4c(c3)OCCO4)C2)nc1. The van der Waals surface area contributed by atoms with Crippen molar-refractivity contribution in [2.45, 2.75) is 24.3 Å². The third-order valence-electron chi connectivity index (χ3n) is 4.43. The van der Waals surface area contributed by atoms with Crippen molar-refractivity contribution in [1.82, 2.24) is 9.29 Å². The Morgan fingerprint density at radius 1 is 1.15 bits per heavy atom. The van der Waals surface area contributed by atoms with Gasteiger partial charge in [0, 0.05) is 24.9 Å². The molecule has 1 atom stereocenters. The number of aromatic nitrogens is 1. The van der Waals surface area contributed by atoms with Gasteiger partial charge in [0.05, 0.1) is 11.4 Å². The first-order chi connectivity index (χ1) is 12.5. The van der Waals surface area contributed by atoms with E-state index in [1.807, 2.05) is 13.0 Å². The lowest BCUT2D eigenvalue weighted by Crippen LogP contribution is -2.31. The number of aryl methyl sites for hydroxylation is 1. The minimum atomic E-state index is -3.61. The number of fused-ring (bicyclic) bond motifs is 1. The van der Waals surface area contributed by atoms with E-state index in [2.05, 4.69) is 4.98 Å². The third kappa shape index (κ3) is 3.34. The number of benzene rings is 1. The molecule has 0 amide bonds. The molecule has 0 saturated carbocycles. The average Bonchev–Trinajstić information content (AvgIpc) is 3.12. The Balaban J connectivity index is 1.48. The summed E-state index contributed by atoms with van der Waals surface area (Å²) >= 11 is 0. The zero-order chi connectivity index (χ0) is 18.1. The molecule has 3 heterocycles. The summed E-state index contributed by atoms with van der Waals surface area (Å²) in [6.07, 6.45) is 2.14. The number of hydrogen-bond acceptors (Lipinski definition) is 6. The van der Waals surface area contributed by atoms with Gasteiger partial charge >= 0.3 is 0 Å². The van der Waals surface area contributed by atoms with Crippen LogP contribution in [0.5, 0.6) is 17.4 Å². The monoisotopic (exact) mass is 376 g/mol. The Morgan fingerprint density at radius 3 is 2.73 bits per heavy atom. The first kappa shape index (κ1) is 17.1. The van der Waals surface area contributed by atoms with Gasteiger partial charge in [-0.1, -0.05) is 6.07 Å². The van der Waals surface area contributed by atoms with Gasteiger partial charge in [-0.3, -0.25) is 0 Å². The summed E-state index contributed by atoms with van der Waals surface area (Å²) in [6, 6.07) is 8.44. The van der Waals surface area contributed by atoms with Gasteiger partial charge in [0.2, 0.25) is 15.9 Å². The maximum atomic E-state index is 12.9. The summed E-state index contributed by atoms with van der Waals surface area (Å²) in [5.41, 5.74) is 1.05. The normalized spacial score (nSPS) is 20.1. The van der Waals surface area contributed by atoms with Gasteiger partial charge in [-0.2, -0.15) is 4.31 Å². The van der Waals surface area contributed by atoms with Crippen LogP contribution in [0.15, 0.2) is 41.4 Å². The standard InChI is InChI=1S/C18H20N2O5S/c1-13-2-5-18(19-11-13)25-14-6-7-20(12-14)26(21,22)15-3-4-16-17(10-15)24-9-8-23-16/h2-5,10-11,14H,6-9,12H2,1H3. The van der Waals surface area contributed by atoms with Crippen LogP contribution in [-0.2, 0) is 10.0 Å². The summed E-state index contributed by atoms with van der Waals surface area (Å²) in [7, 11) is -3.61. The molecule has 1 saturated heterocycles. The molecule has 138 valence electrons. The van der Waals surface area contributed by atoms with Crippen molar-refractivity contribution in [3.63, 3.8) is 0 Å². The fraction of sp³-hybridized carbons (Fsp3) is 0.389. The highest BCUT2D eigenvalue weighted by Gasteiger charge is 2.34. The molecule has 2 aliphatic heterocycles. The van der Waals surface area contributed by atoms with Crippen LogP contribution in [0.2, 0.25) is 0 Å². The molecule has 1 aromatic carbocycles. The van der Waals surface area contributed by atoms with Crippen molar-refractivity contribution < 1.29 is 22.6 Å². The first-order valence-corrected chi connectivity index (χ1v) is 9.95. The van der Waals surface area contributed by atoms with E-state index in [1.165, 1.54) is 10.4 Å². The van der Waals surface area contributed by atoms with Crippen molar-refractivity contribution in [3.8, 4) is 17.4 Å². The second kappa shape index (κ2) is 6.77. The summed E-state index contributed by atoms with van der Waals surface area (Å²) in [5.74, 6) is 1.55. The van der Waals surface area contributed by atoms with Crippen LogP contribution in [-0.4, -0.2) is 50.1 Å². The number of nitrogens with zero attached hydrogens (tertiary/aromatic N) is 2. The van der Waals surface area contributed by atoms with Crippen LogP contribution >= 0.6 is 0 Å². The zero-order valence-electron chi connectivity index (χ0n) is 14.4. The van der Waals surface area contributed by atoms with Crippen LogP contribution in [0.3, 0.4) is 0 Å². The van der Waals surface area contributed by atoms with Crippen molar-refractivity contribution >= 4 is 10.0 Å². The Hall–Kier alpha value is -2.32. The van der Waals surface area contributed by atoms with Crippen LogP contribution < -0.4 is 14.2 Å². The van der Waals surface area contributed by atoms with Gasteiger partial charge < -0.3 is 14.2 Å². The van der Waals surface area contributed by atoms with Crippen LogP contribution in [0.4, 0.5) is 0 Å². The van der Waals surface area contributed by atoms with E-state index >= 15 is 0 Å². The van der Waals surface area contributed by atoms with Gasteiger partial charge in [-0.15, -0.1) is 0 Å². The number of sulfonamides is 1. The maximum Gasteiger partial charge on any atom is 0.243 e. The minimum Gasteiger partial charge on any atom is -0.486 e. The molecule has 4 rings (SSSR count). The lowest BCUT2D eigenvalue weighted by atomic mass is 10.3. The second-order valence-corrected chi connectivity index (χ2v) is 8.31. The molecule has 0 radical (unpaired) electrons. The largest absolute Gasteiger partial charge is 0.486 e. The summed E-state index contributed by atoms with van der Waals surface area (Å²) in [5, 5.41) is 0. The quantitative estimate of drug-likeness (QED) is 0.812. The average molecular weight is 376 g/mol. The molecule has 7 nitrogen and oxygen atoms in total. The maximum absolute atomic E-state index is 12.9. The van der Waals surface area contributed by atoms with Crippen LogP contribution in [0.1, 0.15) is 12.0 Å². The lowest BCUT2D eigenvalue weighted by molar-refractivity contribution is 0.171. The smallest absolute Gasteiger partial charge is 0.243 e. The Morgan fingerprint density at radius 2 is 1.96 bits per heavy atom. The molecule has 26 heavy (non-hydrogen) atoms. The van der Waals surface area contributed by atoms with Gasteiger partial charge in [-0.25, -0.2) is 13.4 Å². The van der Waals surface area contributed by atoms with E-state index in [0.29, 0.717) is 50.1 Å². The molecule has 1 unspecified atom stereocenters. The van der Waals surface area contributed by atoms with Crippen molar-refractivity contribution in [1.29, 1.82) is 0 Å². The van der Waals surface area contributed by atoms with Crippen molar-refractivity contribution in [3.05, 3.63) is 42.1 Å². The Kier molecular flexibility index (Phi) is 4.46. The molecule has 0 bridgehead atoms. The van der Waals surface area contributed by atoms with E-state index in [-0.39, 0.29) is 11.0 Å². The number of rotatable bonds is 4. The summed E-state index contributed by atoms with van der Waals surface area (Å²) in [6.45, 7) is 3.55. The molecule has 0 N–H and O–H groups in total. The summed E-state index contributed by atoms with van der Waals surface area (Å²) < 4.78 is 44.0. The molecular formula is C18H20N2O5S. The van der Waals surface area contributed by atoms with Gasteiger partial charge in [0.25, 0.3) is 0 Å². The van der Waals surface area contributed by atoms with E-state index in [1.54, 1.807) is 24.4 Å². The molecule has 2 aliphatic rings. The fourth-order valence-corrected chi connectivity index (χ4v) is 4.54. The van der Waals surface area contributed by atoms with Crippen LogP contribution in [0, 0.1) is 6.92 Å². The highest BCUT2D eigenvalue weighted by molar-refractivity contribution is 7.89. The van der Waals surface area contributed by atoms with Crippen molar-refractivity contribution in [2.24, 2.45) is 0 Å². The van der Waals surface area contributed by atoms with Crippen molar-refractivity contribution in [2.75, 3.05) is 26.3 Å².